The van der Waals surface area contributed by atoms with Gasteiger partial charge in [0.25, 0.3) is 5.91 Å². The molecule has 1 N–H and O–H groups in total. The van der Waals surface area contributed by atoms with E-state index in [1.165, 1.54) is 43.3 Å². The summed E-state index contributed by atoms with van der Waals surface area (Å²) in [7, 11) is 0. The number of nitrogens with one attached hydrogen (secondary N) is 1. The van der Waals surface area contributed by atoms with E-state index in [1.54, 1.807) is 0 Å². The van der Waals surface area contributed by atoms with Gasteiger partial charge in [0.15, 0.2) is 11.5 Å². The molecule has 7 nitrogen and oxygen atoms in total. The monoisotopic (exact) mass is 448 g/mol. The molecule has 1 amide bonds. The first-order valence-corrected chi connectivity index (χ1v) is 9.51. The number of hydrogen-bond donors (Lipinski definition) is 1. The number of alkyl halides is 3. The Kier molecular flexibility index (Phi) is 5.23. The van der Waals surface area contributed by atoms with E-state index in [0.717, 1.165) is 28.3 Å². The summed E-state index contributed by atoms with van der Waals surface area (Å²) < 4.78 is 58.5. The molecule has 0 saturated carbocycles. The Morgan fingerprint density at radius 3 is 2.65 bits per heavy atom. The van der Waals surface area contributed by atoms with Crippen LogP contribution in [-0.4, -0.2) is 30.3 Å². The fraction of sp³-hybridized carbons (Fsp3) is 0.105. The van der Waals surface area contributed by atoms with E-state index < -0.39 is 23.5 Å². The molecule has 0 aliphatic carbocycles. The maximum atomic E-state index is 13.3. The number of halogens is 4. The third-order valence-electron chi connectivity index (χ3n) is 4.28. The highest BCUT2D eigenvalue weighted by Gasteiger charge is 2.34. The zero-order valence-corrected chi connectivity index (χ0v) is 16.5. The van der Waals surface area contributed by atoms with E-state index in [0.29, 0.717) is 0 Å². The van der Waals surface area contributed by atoms with Crippen molar-refractivity contribution in [3.05, 3.63) is 71.2 Å². The summed E-state index contributed by atoms with van der Waals surface area (Å²) in [5, 5.41) is 10.4. The number of anilines is 1. The van der Waals surface area contributed by atoms with Crippen LogP contribution in [0, 0.1) is 12.7 Å². The molecule has 0 aliphatic rings. The highest BCUT2D eigenvalue weighted by Crippen LogP contribution is 2.34. The lowest BCUT2D eigenvalue weighted by molar-refractivity contribution is -0.137. The minimum atomic E-state index is -4.57. The van der Waals surface area contributed by atoms with Crippen molar-refractivity contribution in [3.8, 4) is 17.2 Å². The molecule has 0 bridgehead atoms. The molecule has 2 heterocycles. The zero-order chi connectivity index (χ0) is 22.2. The zero-order valence-electron chi connectivity index (χ0n) is 15.7. The van der Waals surface area contributed by atoms with E-state index in [9.17, 15) is 22.4 Å². The molecule has 4 aromatic rings. The van der Waals surface area contributed by atoms with E-state index in [4.69, 9.17) is 0 Å². The Morgan fingerprint density at radius 1 is 1.13 bits per heavy atom. The summed E-state index contributed by atoms with van der Waals surface area (Å²) in [6.45, 7) is 1.54. The van der Waals surface area contributed by atoms with Crippen LogP contribution in [0.15, 0.2) is 48.5 Å². The normalized spacial score (nSPS) is 11.5. The van der Waals surface area contributed by atoms with Crippen LogP contribution >= 0.6 is 11.5 Å². The molecular weight excluding hydrogens is 436 g/mol. The summed E-state index contributed by atoms with van der Waals surface area (Å²) in [6.07, 6.45) is -4.57. The average molecular weight is 448 g/mol. The van der Waals surface area contributed by atoms with Crippen molar-refractivity contribution in [2.75, 3.05) is 5.32 Å². The van der Waals surface area contributed by atoms with Crippen LogP contribution in [0.1, 0.15) is 21.6 Å². The van der Waals surface area contributed by atoms with Gasteiger partial charge < -0.3 is 0 Å². The van der Waals surface area contributed by atoms with Crippen molar-refractivity contribution in [2.45, 2.75) is 13.1 Å². The van der Waals surface area contributed by atoms with E-state index >= 15 is 0 Å². The fourth-order valence-electron chi connectivity index (χ4n) is 2.83. The molecule has 0 unspecified atom stereocenters. The molecule has 0 fully saturated rings. The summed E-state index contributed by atoms with van der Waals surface area (Å²) >= 11 is 0.849. The average Bonchev–Trinajstić information content (AvgIpc) is 3.33. The number of rotatable bonds is 4. The predicted molar refractivity (Wildman–Crippen MR) is 104 cm³/mol. The van der Waals surface area contributed by atoms with Gasteiger partial charge in [-0.2, -0.15) is 22.5 Å². The summed E-state index contributed by atoms with van der Waals surface area (Å²) in [5.41, 5.74) is -0.482. The van der Waals surface area contributed by atoms with Gasteiger partial charge in [-0.1, -0.05) is 23.4 Å². The SMILES string of the molecule is Cc1c(-c2nsc(NC(=O)c3cccc(F)c3)n2)nnn1-c1ccccc1C(F)(F)F. The van der Waals surface area contributed by atoms with Gasteiger partial charge in [-0.15, -0.1) is 5.10 Å². The maximum absolute atomic E-state index is 13.3. The van der Waals surface area contributed by atoms with Gasteiger partial charge in [0.2, 0.25) is 5.13 Å². The second kappa shape index (κ2) is 7.87. The Bertz CT molecular complexity index is 1270. The smallest absolute Gasteiger partial charge is 0.297 e. The van der Waals surface area contributed by atoms with E-state index in [1.807, 2.05) is 0 Å². The molecule has 0 spiro atoms. The molecule has 12 heteroatoms. The van der Waals surface area contributed by atoms with Crippen LogP contribution in [0.3, 0.4) is 0 Å². The number of hydrogen-bond acceptors (Lipinski definition) is 6. The third kappa shape index (κ3) is 4.14. The number of amides is 1. The first-order chi connectivity index (χ1) is 14.7. The summed E-state index contributed by atoms with van der Waals surface area (Å²) in [6, 6.07) is 10.1. The molecule has 158 valence electrons. The van der Waals surface area contributed by atoms with Crippen LogP contribution in [-0.2, 0) is 6.18 Å². The minimum Gasteiger partial charge on any atom is -0.297 e. The minimum absolute atomic E-state index is 0.0905. The lowest BCUT2D eigenvalue weighted by Crippen LogP contribution is -2.12. The van der Waals surface area contributed by atoms with Crippen molar-refractivity contribution in [1.82, 2.24) is 24.4 Å². The van der Waals surface area contributed by atoms with Gasteiger partial charge in [0.05, 0.1) is 16.9 Å². The molecule has 0 saturated heterocycles. The van der Waals surface area contributed by atoms with Gasteiger partial charge in [0, 0.05) is 17.1 Å². The highest BCUT2D eigenvalue weighted by molar-refractivity contribution is 7.10. The second-order valence-corrected chi connectivity index (χ2v) is 7.09. The maximum Gasteiger partial charge on any atom is 0.418 e. The number of carbonyl (C=O) groups excluding carboxylic acids is 1. The molecule has 0 aliphatic heterocycles. The second-order valence-electron chi connectivity index (χ2n) is 6.34. The first kappa shape index (κ1) is 20.6. The van der Waals surface area contributed by atoms with Crippen molar-refractivity contribution in [1.29, 1.82) is 0 Å². The van der Waals surface area contributed by atoms with E-state index in [2.05, 4.69) is 25.0 Å². The molecule has 2 aromatic carbocycles. The van der Waals surface area contributed by atoms with Gasteiger partial charge in [-0.3, -0.25) is 10.1 Å². The van der Waals surface area contributed by atoms with Crippen molar-refractivity contribution < 1.29 is 22.4 Å². The highest BCUT2D eigenvalue weighted by atomic mass is 32.1. The van der Waals surface area contributed by atoms with Crippen molar-refractivity contribution in [2.24, 2.45) is 0 Å². The van der Waals surface area contributed by atoms with Gasteiger partial charge in [-0.05, 0) is 37.3 Å². The van der Waals surface area contributed by atoms with Crippen LogP contribution in [0.4, 0.5) is 22.7 Å². The van der Waals surface area contributed by atoms with Gasteiger partial charge in [-0.25, -0.2) is 9.07 Å². The van der Waals surface area contributed by atoms with Crippen LogP contribution in [0.25, 0.3) is 17.2 Å². The third-order valence-corrected chi connectivity index (χ3v) is 4.91. The number of nitrogens with zero attached hydrogens (tertiary/aromatic N) is 5. The molecule has 2 aromatic heterocycles. The lowest BCUT2D eigenvalue weighted by atomic mass is 10.1. The quantitative estimate of drug-likeness (QED) is 0.465. The molecule has 31 heavy (non-hydrogen) atoms. The Balaban J connectivity index is 1.62. The van der Waals surface area contributed by atoms with Crippen molar-refractivity contribution in [3.63, 3.8) is 0 Å². The standard InChI is InChI=1S/C19H12F4N6OS/c1-10-15(26-28-29(10)14-8-3-2-7-13(14)19(21,22)23)16-24-18(31-27-16)25-17(30)11-5-4-6-12(20)9-11/h2-9H,1H3,(H,24,25,27,30). The molecular formula is C19H12F4N6OS. The van der Waals surface area contributed by atoms with Crippen LogP contribution in [0.2, 0.25) is 0 Å². The number of benzene rings is 2. The Morgan fingerprint density at radius 2 is 1.90 bits per heavy atom. The summed E-state index contributed by atoms with van der Waals surface area (Å²) in [5.74, 6) is -1.05. The Hall–Kier alpha value is -3.67. The molecule has 0 atom stereocenters. The summed E-state index contributed by atoms with van der Waals surface area (Å²) in [4.78, 5) is 16.4. The molecule has 4 rings (SSSR count). The lowest BCUT2D eigenvalue weighted by Gasteiger charge is -2.12. The van der Waals surface area contributed by atoms with Crippen LogP contribution < -0.4 is 5.32 Å². The topological polar surface area (TPSA) is 85.6 Å². The largest absolute Gasteiger partial charge is 0.418 e. The first-order valence-electron chi connectivity index (χ1n) is 8.74. The van der Waals surface area contributed by atoms with E-state index in [-0.39, 0.29) is 33.6 Å². The number of aromatic nitrogens is 5. The fourth-order valence-corrected chi connectivity index (χ4v) is 3.40. The van der Waals surface area contributed by atoms with Crippen LogP contribution in [0.5, 0.6) is 0 Å². The van der Waals surface area contributed by atoms with Gasteiger partial charge in [0.1, 0.15) is 5.82 Å². The molecule has 0 radical (unpaired) electrons. The van der Waals surface area contributed by atoms with Crippen molar-refractivity contribution >= 4 is 22.6 Å². The van der Waals surface area contributed by atoms with Gasteiger partial charge >= 0.3 is 6.18 Å². The Labute approximate surface area is 176 Å². The number of para-hydroxylation sites is 1. The predicted octanol–water partition coefficient (Wildman–Crippen LogP) is 4.50. The number of carbonyl (C=O) groups is 1.